The number of fused-ring (bicyclic) bond motifs is 1. The van der Waals surface area contributed by atoms with E-state index in [1.165, 1.54) is 7.11 Å². The number of ketones is 1. The van der Waals surface area contributed by atoms with Gasteiger partial charge in [-0.05, 0) is 42.4 Å². The Bertz CT molecular complexity index is 930. The highest BCUT2D eigenvalue weighted by atomic mass is 31.0. The summed E-state index contributed by atoms with van der Waals surface area (Å²) >= 11 is 0. The topological polar surface area (TPSA) is 61.8 Å². The lowest BCUT2D eigenvalue weighted by Crippen LogP contribution is -2.20. The molecule has 158 valence electrons. The van der Waals surface area contributed by atoms with Crippen LogP contribution in [0.4, 0.5) is 0 Å². The second-order valence-corrected chi connectivity index (χ2v) is 8.66. The summed E-state index contributed by atoms with van der Waals surface area (Å²) in [5, 5.41) is 0.827. The van der Waals surface area contributed by atoms with E-state index in [1.807, 2.05) is 37.3 Å². The molecule has 0 aliphatic heterocycles. The average molecular weight is 426 g/mol. The van der Waals surface area contributed by atoms with Crippen molar-refractivity contribution in [2.45, 2.75) is 38.9 Å². The van der Waals surface area contributed by atoms with Crippen molar-refractivity contribution in [2.75, 3.05) is 7.11 Å². The van der Waals surface area contributed by atoms with Crippen LogP contribution in [-0.2, 0) is 16.1 Å². The lowest BCUT2D eigenvalue weighted by atomic mass is 10.0. The predicted molar refractivity (Wildman–Crippen MR) is 117 cm³/mol. The molecule has 0 saturated heterocycles. The molecule has 30 heavy (non-hydrogen) atoms. The summed E-state index contributed by atoms with van der Waals surface area (Å²) in [7, 11) is 4.17. The molecule has 0 spiro atoms. The number of rotatable bonds is 8. The van der Waals surface area contributed by atoms with Crippen LogP contribution in [0.5, 0.6) is 11.5 Å². The lowest BCUT2D eigenvalue weighted by molar-refractivity contribution is -0.120. The fraction of sp³-hybridized carbons (Fsp3) is 0.417. The number of carbonyl (C=O) groups is 2. The largest absolute Gasteiger partial charge is 0.496 e. The monoisotopic (exact) mass is 426 g/mol. The van der Waals surface area contributed by atoms with E-state index in [9.17, 15) is 9.59 Å². The van der Waals surface area contributed by atoms with Crippen LogP contribution in [0.2, 0.25) is 0 Å². The number of methoxy groups -OCH3 is 1. The first-order valence-electron chi connectivity index (χ1n) is 10.4. The standard InChI is InChI=1S/C24H27O5P/c1-3-19(25)23-16-9-15(10-17(16)23)29-21-11-18(20(27-2)12-22(21)30)24(26)28-13-14-7-5-4-6-8-14/h4-8,11-12,15-17,23H,3,9-10,13,30H2,1-2H3/t15-,16-,17+,23+. The molecule has 0 heterocycles. The SMILES string of the molecule is CCC(=O)[C@H]1[C@@H]2C[C@@H](Oc3cc(C(=O)OCc4ccccc4)c(OC)cc3P)C[C@@H]21. The highest BCUT2D eigenvalue weighted by Crippen LogP contribution is 2.58. The van der Waals surface area contributed by atoms with E-state index in [4.69, 9.17) is 14.2 Å². The third-order valence-corrected chi connectivity index (χ3v) is 6.63. The van der Waals surface area contributed by atoms with Crippen LogP contribution in [-0.4, -0.2) is 25.0 Å². The van der Waals surface area contributed by atoms with Gasteiger partial charge < -0.3 is 14.2 Å². The fourth-order valence-corrected chi connectivity index (χ4v) is 4.89. The molecule has 2 fully saturated rings. The Balaban J connectivity index is 1.43. The van der Waals surface area contributed by atoms with Gasteiger partial charge in [0.2, 0.25) is 0 Å². The quantitative estimate of drug-likeness (QED) is 0.473. The number of hydrogen-bond donors (Lipinski definition) is 0. The van der Waals surface area contributed by atoms with E-state index >= 15 is 0 Å². The maximum Gasteiger partial charge on any atom is 0.342 e. The van der Waals surface area contributed by atoms with Crippen LogP contribution < -0.4 is 14.8 Å². The molecule has 5 nitrogen and oxygen atoms in total. The normalized spacial score (nSPS) is 24.1. The van der Waals surface area contributed by atoms with E-state index in [0.717, 1.165) is 23.7 Å². The Kier molecular flexibility index (Phi) is 6.10. The van der Waals surface area contributed by atoms with Gasteiger partial charge >= 0.3 is 5.97 Å². The average Bonchev–Trinajstić information content (AvgIpc) is 3.27. The van der Waals surface area contributed by atoms with Crippen molar-refractivity contribution in [3.8, 4) is 11.5 Å². The van der Waals surface area contributed by atoms with Gasteiger partial charge in [-0.1, -0.05) is 37.3 Å². The van der Waals surface area contributed by atoms with Gasteiger partial charge in [0.05, 0.1) is 13.2 Å². The Hall–Kier alpha value is -2.39. The molecule has 4 rings (SSSR count). The number of hydrogen-bond acceptors (Lipinski definition) is 5. The van der Waals surface area contributed by atoms with Crippen molar-refractivity contribution in [1.29, 1.82) is 0 Å². The van der Waals surface area contributed by atoms with Crippen molar-refractivity contribution in [1.82, 2.24) is 0 Å². The van der Waals surface area contributed by atoms with Gasteiger partial charge in [-0.15, -0.1) is 9.24 Å². The molecule has 0 radical (unpaired) electrons. The van der Waals surface area contributed by atoms with Gasteiger partial charge in [-0.25, -0.2) is 4.79 Å². The molecule has 6 heteroatoms. The number of benzene rings is 2. The lowest BCUT2D eigenvalue weighted by Gasteiger charge is -2.20. The molecule has 2 saturated carbocycles. The Morgan fingerprint density at radius 3 is 2.40 bits per heavy atom. The summed E-state index contributed by atoms with van der Waals surface area (Å²) in [5.41, 5.74) is 1.27. The molecule has 0 bridgehead atoms. The molecule has 0 N–H and O–H groups in total. The molecular weight excluding hydrogens is 399 g/mol. The van der Waals surface area contributed by atoms with Crippen LogP contribution in [0, 0.1) is 17.8 Å². The molecule has 0 amide bonds. The van der Waals surface area contributed by atoms with Gasteiger partial charge in [-0.2, -0.15) is 0 Å². The van der Waals surface area contributed by atoms with Gasteiger partial charge in [0, 0.05) is 17.6 Å². The number of esters is 1. The Morgan fingerprint density at radius 2 is 1.77 bits per heavy atom. The van der Waals surface area contributed by atoms with Crippen molar-refractivity contribution >= 4 is 26.3 Å². The first-order valence-corrected chi connectivity index (χ1v) is 11.0. The molecule has 2 aromatic carbocycles. The zero-order chi connectivity index (χ0) is 21.3. The molecule has 5 atom stereocenters. The van der Waals surface area contributed by atoms with Crippen molar-refractivity contribution in [3.05, 3.63) is 53.6 Å². The highest BCUT2D eigenvalue weighted by molar-refractivity contribution is 7.27. The minimum Gasteiger partial charge on any atom is -0.496 e. The van der Waals surface area contributed by atoms with Crippen LogP contribution in [0.3, 0.4) is 0 Å². The first kappa shape index (κ1) is 20.9. The number of carbonyl (C=O) groups excluding carboxylic acids is 2. The summed E-state index contributed by atoms with van der Waals surface area (Å²) < 4.78 is 17.1. The number of ether oxygens (including phenoxy) is 3. The maximum atomic E-state index is 12.7. The molecule has 1 unspecified atom stereocenters. The molecule has 0 aromatic heterocycles. The number of Topliss-reactive ketones (excluding diaryl/α,β-unsaturated/α-hetero) is 1. The summed E-state index contributed by atoms with van der Waals surface area (Å²) in [6, 6.07) is 13.0. The van der Waals surface area contributed by atoms with Crippen LogP contribution in [0.1, 0.15) is 42.1 Å². The van der Waals surface area contributed by atoms with Gasteiger partial charge in [0.15, 0.2) is 0 Å². The second-order valence-electron chi connectivity index (χ2n) is 8.04. The molecule has 2 aromatic rings. The van der Waals surface area contributed by atoms with Gasteiger partial charge in [0.25, 0.3) is 0 Å². The Labute approximate surface area is 179 Å². The zero-order valence-electron chi connectivity index (χ0n) is 17.3. The third-order valence-electron chi connectivity index (χ3n) is 6.18. The smallest absolute Gasteiger partial charge is 0.342 e. The van der Waals surface area contributed by atoms with E-state index in [2.05, 4.69) is 9.24 Å². The van der Waals surface area contributed by atoms with Crippen LogP contribution in [0.15, 0.2) is 42.5 Å². The van der Waals surface area contributed by atoms with Crippen LogP contribution in [0.25, 0.3) is 0 Å². The van der Waals surface area contributed by atoms with E-state index in [0.29, 0.717) is 41.1 Å². The molecule has 2 aliphatic carbocycles. The summed E-state index contributed by atoms with van der Waals surface area (Å²) in [6.45, 7) is 2.13. The predicted octanol–water partition coefficient (Wildman–Crippen LogP) is 3.94. The zero-order valence-corrected chi connectivity index (χ0v) is 18.5. The summed E-state index contributed by atoms with van der Waals surface area (Å²) in [6.07, 6.45) is 2.48. The van der Waals surface area contributed by atoms with Gasteiger partial charge in [-0.3, -0.25) is 4.79 Å². The minimum absolute atomic E-state index is 0.0711. The second kappa shape index (κ2) is 8.77. The van der Waals surface area contributed by atoms with Crippen molar-refractivity contribution in [3.63, 3.8) is 0 Å². The molecule has 2 aliphatic rings. The Morgan fingerprint density at radius 1 is 1.07 bits per heavy atom. The third kappa shape index (κ3) is 4.22. The van der Waals surface area contributed by atoms with Crippen molar-refractivity contribution < 1.29 is 23.8 Å². The van der Waals surface area contributed by atoms with E-state index in [1.54, 1.807) is 12.1 Å². The highest BCUT2D eigenvalue weighted by Gasteiger charge is 2.59. The van der Waals surface area contributed by atoms with Gasteiger partial charge in [0.1, 0.15) is 29.5 Å². The molecular formula is C24H27O5P. The maximum absolute atomic E-state index is 12.7. The van der Waals surface area contributed by atoms with E-state index < -0.39 is 5.97 Å². The van der Waals surface area contributed by atoms with Crippen molar-refractivity contribution in [2.24, 2.45) is 17.8 Å². The summed E-state index contributed by atoms with van der Waals surface area (Å²) in [5.74, 6) is 2.18. The first-order chi connectivity index (χ1) is 14.5. The summed E-state index contributed by atoms with van der Waals surface area (Å²) in [4.78, 5) is 24.7. The van der Waals surface area contributed by atoms with E-state index in [-0.39, 0.29) is 18.6 Å². The van der Waals surface area contributed by atoms with Crippen LogP contribution >= 0.6 is 9.24 Å². The fourth-order valence-electron chi connectivity index (χ4n) is 4.59. The minimum atomic E-state index is -0.451.